The molecule has 0 spiro atoms. The normalized spacial score (nSPS) is 22.4. The zero-order valence-electron chi connectivity index (χ0n) is 18.9. The predicted molar refractivity (Wildman–Crippen MR) is 129 cm³/mol. The van der Waals surface area contributed by atoms with Crippen LogP contribution in [0, 0.1) is 6.92 Å². The van der Waals surface area contributed by atoms with E-state index in [1.807, 2.05) is 31.2 Å². The minimum Gasteiger partial charge on any atom is -0.474 e. The van der Waals surface area contributed by atoms with Gasteiger partial charge in [0.25, 0.3) is 0 Å². The van der Waals surface area contributed by atoms with Crippen molar-refractivity contribution >= 4 is 26.3 Å². The lowest BCUT2D eigenvalue weighted by Crippen LogP contribution is -2.27. The summed E-state index contributed by atoms with van der Waals surface area (Å²) in [5.41, 5.74) is 4.46. The number of ether oxygens (including phenoxy) is 1. The van der Waals surface area contributed by atoms with Crippen molar-refractivity contribution in [2.45, 2.75) is 64.1 Å². The smallest absolute Gasteiger partial charge is 0.217 e. The lowest BCUT2D eigenvalue weighted by Gasteiger charge is -2.26. The molecule has 1 aliphatic heterocycles. The van der Waals surface area contributed by atoms with Gasteiger partial charge in [0.15, 0.2) is 0 Å². The van der Waals surface area contributed by atoms with Crippen LogP contribution in [0.4, 0.5) is 5.69 Å². The SMILES string of the molecule is Cc1cc(N=S2(=O)CCCC2)cc2ncnc(Cc3cccnc3OC3CCC(O)CC3)c12. The molecule has 1 aliphatic carbocycles. The van der Waals surface area contributed by atoms with Crippen molar-refractivity contribution in [3.05, 3.63) is 53.6 Å². The summed E-state index contributed by atoms with van der Waals surface area (Å²) in [6, 6.07) is 7.86. The molecule has 0 atom stereocenters. The summed E-state index contributed by atoms with van der Waals surface area (Å²) in [4.78, 5) is 13.6. The van der Waals surface area contributed by atoms with E-state index in [0.29, 0.717) is 23.8 Å². The molecule has 0 unspecified atom stereocenters. The molecule has 1 saturated heterocycles. The molecule has 1 aromatic carbocycles. The fraction of sp³-hybridized carbons (Fsp3) is 0.480. The van der Waals surface area contributed by atoms with Crippen molar-refractivity contribution in [2.75, 3.05) is 11.5 Å². The van der Waals surface area contributed by atoms with Crippen LogP contribution in [0.1, 0.15) is 55.3 Å². The van der Waals surface area contributed by atoms with E-state index in [0.717, 1.165) is 71.9 Å². The number of rotatable bonds is 5. The van der Waals surface area contributed by atoms with E-state index < -0.39 is 9.73 Å². The number of hydrogen-bond donors (Lipinski definition) is 1. The number of aliphatic hydroxyl groups is 1. The Morgan fingerprint density at radius 2 is 1.91 bits per heavy atom. The van der Waals surface area contributed by atoms with Crippen molar-refractivity contribution in [3.63, 3.8) is 0 Å². The maximum Gasteiger partial charge on any atom is 0.217 e. The van der Waals surface area contributed by atoms with Gasteiger partial charge in [-0.3, -0.25) is 0 Å². The van der Waals surface area contributed by atoms with Crippen LogP contribution < -0.4 is 4.74 Å². The first-order valence-electron chi connectivity index (χ1n) is 11.7. The van der Waals surface area contributed by atoms with E-state index in [9.17, 15) is 9.32 Å². The summed E-state index contributed by atoms with van der Waals surface area (Å²) in [6.07, 6.45) is 8.93. The third kappa shape index (κ3) is 5.01. The number of nitrogens with zero attached hydrogens (tertiary/aromatic N) is 4. The number of aryl methyl sites for hydroxylation is 1. The van der Waals surface area contributed by atoms with E-state index in [1.165, 1.54) is 0 Å². The van der Waals surface area contributed by atoms with Gasteiger partial charge < -0.3 is 9.84 Å². The number of hydrogen-bond acceptors (Lipinski definition) is 7. The molecule has 2 aliphatic rings. The van der Waals surface area contributed by atoms with Gasteiger partial charge in [0.2, 0.25) is 5.88 Å². The Bertz CT molecular complexity index is 1270. The number of benzene rings is 1. The lowest BCUT2D eigenvalue weighted by molar-refractivity contribution is 0.0639. The average molecular weight is 467 g/mol. The van der Waals surface area contributed by atoms with Crippen LogP contribution in [-0.4, -0.2) is 48.0 Å². The number of pyridine rings is 1. The highest BCUT2D eigenvalue weighted by Crippen LogP contribution is 2.31. The molecule has 2 fully saturated rings. The van der Waals surface area contributed by atoms with Gasteiger partial charge in [-0.05, 0) is 69.2 Å². The standard InChI is InChI=1S/C25H30N4O3S/c1-17-13-19(29-33(31)11-2-3-12-33)15-23-24(17)22(27-16-28-23)14-18-5-4-10-26-25(18)32-21-8-6-20(30)7-9-21/h4-5,10,13,15-16,20-21,30H,2-3,6-9,11-12,14H2,1H3. The summed E-state index contributed by atoms with van der Waals surface area (Å²) >= 11 is 0. The molecule has 1 N–H and O–H groups in total. The van der Waals surface area contributed by atoms with E-state index in [2.05, 4.69) is 19.3 Å². The lowest BCUT2D eigenvalue weighted by atomic mass is 9.95. The maximum absolute atomic E-state index is 12.9. The van der Waals surface area contributed by atoms with Gasteiger partial charge in [0, 0.05) is 35.1 Å². The molecule has 0 bridgehead atoms. The van der Waals surface area contributed by atoms with Crippen LogP contribution in [0.3, 0.4) is 0 Å². The van der Waals surface area contributed by atoms with E-state index >= 15 is 0 Å². The molecule has 1 saturated carbocycles. The molecule has 0 amide bonds. The first-order valence-corrected chi connectivity index (χ1v) is 13.6. The van der Waals surface area contributed by atoms with E-state index in [-0.39, 0.29) is 12.2 Å². The molecule has 3 heterocycles. The van der Waals surface area contributed by atoms with Crippen LogP contribution in [-0.2, 0) is 16.1 Å². The van der Waals surface area contributed by atoms with Gasteiger partial charge in [0.05, 0.1) is 32.7 Å². The topological polar surface area (TPSA) is 97.6 Å². The summed E-state index contributed by atoms with van der Waals surface area (Å²) in [5, 5.41) is 10.8. The molecule has 174 valence electrons. The molecular weight excluding hydrogens is 436 g/mol. The van der Waals surface area contributed by atoms with E-state index in [1.54, 1.807) is 12.5 Å². The van der Waals surface area contributed by atoms with Gasteiger partial charge in [-0.15, -0.1) is 0 Å². The number of aromatic nitrogens is 3. The Labute approximate surface area is 194 Å². The fourth-order valence-electron chi connectivity index (χ4n) is 4.85. The Hall–Kier alpha value is -2.58. The minimum atomic E-state index is -2.13. The summed E-state index contributed by atoms with van der Waals surface area (Å²) in [7, 11) is -2.13. The second-order valence-electron chi connectivity index (χ2n) is 9.15. The Morgan fingerprint density at radius 3 is 2.70 bits per heavy atom. The van der Waals surface area contributed by atoms with Crippen LogP contribution in [0.5, 0.6) is 5.88 Å². The molecule has 8 heteroatoms. The van der Waals surface area contributed by atoms with Crippen LogP contribution in [0.25, 0.3) is 10.9 Å². The molecule has 0 radical (unpaired) electrons. The summed E-state index contributed by atoms with van der Waals surface area (Å²) in [5.74, 6) is 2.00. The van der Waals surface area contributed by atoms with Crippen LogP contribution >= 0.6 is 0 Å². The molecular formula is C25H30N4O3S. The fourth-order valence-corrected chi connectivity index (χ4v) is 7.03. The Morgan fingerprint density at radius 1 is 1.12 bits per heavy atom. The Kier molecular flexibility index (Phi) is 6.29. The second kappa shape index (κ2) is 9.35. The summed E-state index contributed by atoms with van der Waals surface area (Å²) < 4.78 is 23.8. The van der Waals surface area contributed by atoms with Crippen molar-refractivity contribution in [2.24, 2.45) is 4.36 Å². The number of fused-ring (bicyclic) bond motifs is 1. The van der Waals surface area contributed by atoms with Gasteiger partial charge in [-0.25, -0.2) is 19.2 Å². The third-order valence-corrected chi connectivity index (χ3v) is 8.97. The Balaban J connectivity index is 1.45. The molecule has 2 aromatic heterocycles. The third-order valence-electron chi connectivity index (χ3n) is 6.58. The van der Waals surface area contributed by atoms with Gasteiger partial charge >= 0.3 is 0 Å². The maximum atomic E-state index is 12.9. The van der Waals surface area contributed by atoms with E-state index in [4.69, 9.17) is 4.74 Å². The zero-order valence-corrected chi connectivity index (χ0v) is 19.8. The van der Waals surface area contributed by atoms with Crippen LogP contribution in [0.15, 0.2) is 41.2 Å². The predicted octanol–water partition coefficient (Wildman–Crippen LogP) is 4.50. The van der Waals surface area contributed by atoms with Crippen molar-refractivity contribution in [3.8, 4) is 5.88 Å². The van der Waals surface area contributed by atoms with Gasteiger partial charge in [0.1, 0.15) is 12.4 Å². The number of aliphatic hydroxyl groups excluding tert-OH is 1. The minimum absolute atomic E-state index is 0.0765. The average Bonchev–Trinajstić information content (AvgIpc) is 3.22. The second-order valence-corrected chi connectivity index (χ2v) is 11.7. The van der Waals surface area contributed by atoms with Crippen LogP contribution in [0.2, 0.25) is 0 Å². The first kappa shape index (κ1) is 22.2. The van der Waals surface area contributed by atoms with Gasteiger partial charge in [-0.1, -0.05) is 6.07 Å². The quantitative estimate of drug-likeness (QED) is 0.595. The molecule has 5 rings (SSSR count). The zero-order chi connectivity index (χ0) is 22.8. The van der Waals surface area contributed by atoms with Gasteiger partial charge in [-0.2, -0.15) is 4.36 Å². The monoisotopic (exact) mass is 466 g/mol. The first-order chi connectivity index (χ1) is 16.0. The summed E-state index contributed by atoms with van der Waals surface area (Å²) in [6.45, 7) is 2.03. The molecule has 7 nitrogen and oxygen atoms in total. The molecule has 33 heavy (non-hydrogen) atoms. The van der Waals surface area contributed by atoms with Crippen molar-refractivity contribution < 1.29 is 14.1 Å². The highest BCUT2D eigenvalue weighted by atomic mass is 32.2. The largest absolute Gasteiger partial charge is 0.474 e. The highest BCUT2D eigenvalue weighted by molar-refractivity contribution is 7.93. The van der Waals surface area contributed by atoms with Crippen molar-refractivity contribution in [1.82, 2.24) is 15.0 Å². The van der Waals surface area contributed by atoms with Crippen molar-refractivity contribution in [1.29, 1.82) is 0 Å². The molecule has 3 aromatic rings. The highest BCUT2D eigenvalue weighted by Gasteiger charge is 2.22.